The van der Waals surface area contributed by atoms with Crippen LogP contribution in [0.15, 0.2) is 18.2 Å². The minimum Gasteiger partial charge on any atom is -0.323 e. The average molecular weight is 353 g/mol. The van der Waals surface area contributed by atoms with Crippen LogP contribution < -0.4 is 5.32 Å². The fraction of sp³-hybridized carbons (Fsp3) is 0.471. The monoisotopic (exact) mass is 352 g/mol. The van der Waals surface area contributed by atoms with Crippen molar-refractivity contribution in [3.63, 3.8) is 0 Å². The Balaban J connectivity index is 1.75. The normalized spacial score (nSPS) is 24.7. The van der Waals surface area contributed by atoms with Crippen LogP contribution in [0, 0.1) is 17.7 Å². The molecular formula is C17H18ClFN2O3. The summed E-state index contributed by atoms with van der Waals surface area (Å²) in [5.74, 6) is -2.16. The minimum atomic E-state index is -0.934. The molecule has 1 aromatic rings. The Kier molecular flexibility index (Phi) is 4.58. The first-order valence-electron chi connectivity index (χ1n) is 8.03. The number of nitrogens with one attached hydrogen (secondary N) is 1. The van der Waals surface area contributed by atoms with Gasteiger partial charge in [-0.05, 0) is 38.0 Å². The average Bonchev–Trinajstić information content (AvgIpc) is 2.81. The van der Waals surface area contributed by atoms with E-state index in [1.54, 1.807) is 0 Å². The molecule has 7 heteroatoms. The first kappa shape index (κ1) is 16.9. The molecule has 3 rings (SSSR count). The highest BCUT2D eigenvalue weighted by Gasteiger charge is 2.50. The van der Waals surface area contributed by atoms with Gasteiger partial charge in [0.1, 0.15) is 11.9 Å². The minimum absolute atomic E-state index is 0.0586. The van der Waals surface area contributed by atoms with Crippen molar-refractivity contribution < 1.29 is 18.8 Å². The zero-order chi connectivity index (χ0) is 17.4. The van der Waals surface area contributed by atoms with Crippen LogP contribution in [0.2, 0.25) is 5.02 Å². The van der Waals surface area contributed by atoms with Crippen molar-refractivity contribution in [1.29, 1.82) is 0 Å². The highest BCUT2D eigenvalue weighted by molar-refractivity contribution is 6.33. The van der Waals surface area contributed by atoms with Crippen molar-refractivity contribution in [3.05, 3.63) is 29.0 Å². The predicted octanol–water partition coefficient (Wildman–Crippen LogP) is 2.98. The van der Waals surface area contributed by atoms with E-state index in [4.69, 9.17) is 11.6 Å². The van der Waals surface area contributed by atoms with Gasteiger partial charge in [0.05, 0.1) is 22.5 Å². The topological polar surface area (TPSA) is 66.5 Å². The lowest BCUT2D eigenvalue weighted by Gasteiger charge is -2.22. The lowest BCUT2D eigenvalue weighted by molar-refractivity contribution is -0.146. The van der Waals surface area contributed by atoms with E-state index in [9.17, 15) is 18.8 Å². The van der Waals surface area contributed by atoms with Crippen molar-refractivity contribution in [2.45, 2.75) is 38.6 Å². The number of carbonyl (C=O) groups is 3. The maximum absolute atomic E-state index is 13.1. The highest BCUT2D eigenvalue weighted by Crippen LogP contribution is 2.39. The molecule has 1 aliphatic heterocycles. The van der Waals surface area contributed by atoms with Crippen LogP contribution in [-0.4, -0.2) is 28.7 Å². The molecule has 128 valence electrons. The number of imide groups is 1. The molecule has 1 saturated heterocycles. The molecule has 5 nitrogen and oxygen atoms in total. The third kappa shape index (κ3) is 2.90. The van der Waals surface area contributed by atoms with E-state index in [1.807, 2.05) is 0 Å². The number of hydrogen-bond acceptors (Lipinski definition) is 3. The standard InChI is InChI=1S/C17H18ClFN2O3/c1-9(15(22)20-14-7-6-10(19)8-13(14)18)21-16(23)11-4-2-3-5-12(11)17(21)24/h6-9,11-12H,2-5H2,1H3,(H,20,22). The van der Waals surface area contributed by atoms with E-state index in [0.717, 1.165) is 23.8 Å². The van der Waals surface area contributed by atoms with E-state index in [0.29, 0.717) is 12.8 Å². The molecule has 0 bridgehead atoms. The number of benzene rings is 1. The van der Waals surface area contributed by atoms with Gasteiger partial charge in [0, 0.05) is 0 Å². The number of anilines is 1. The maximum atomic E-state index is 13.1. The van der Waals surface area contributed by atoms with Crippen LogP contribution in [0.3, 0.4) is 0 Å². The van der Waals surface area contributed by atoms with Gasteiger partial charge >= 0.3 is 0 Å². The van der Waals surface area contributed by atoms with Gasteiger partial charge in [0.25, 0.3) is 0 Å². The molecule has 1 aliphatic carbocycles. The summed E-state index contributed by atoms with van der Waals surface area (Å²) in [5, 5.41) is 2.61. The van der Waals surface area contributed by atoms with E-state index in [1.165, 1.54) is 19.1 Å². The summed E-state index contributed by atoms with van der Waals surface area (Å²) in [5.41, 5.74) is 0.242. The number of rotatable bonds is 3. The third-order valence-corrected chi connectivity index (χ3v) is 5.14. The number of nitrogens with zero attached hydrogens (tertiary/aromatic N) is 1. The Labute approximate surface area is 144 Å². The smallest absolute Gasteiger partial charge is 0.247 e. The number of likely N-dealkylation sites (tertiary alicyclic amines) is 1. The molecule has 1 heterocycles. The summed E-state index contributed by atoms with van der Waals surface area (Å²) >= 11 is 5.89. The lowest BCUT2D eigenvalue weighted by atomic mass is 9.81. The summed E-state index contributed by atoms with van der Waals surface area (Å²) in [6, 6.07) is 2.67. The van der Waals surface area contributed by atoms with E-state index in [2.05, 4.69) is 5.32 Å². The van der Waals surface area contributed by atoms with Crippen molar-refractivity contribution in [3.8, 4) is 0 Å². The highest BCUT2D eigenvalue weighted by atomic mass is 35.5. The number of amides is 3. The first-order valence-corrected chi connectivity index (χ1v) is 8.40. The number of halogens is 2. The quantitative estimate of drug-likeness (QED) is 0.850. The Bertz CT molecular complexity index is 685. The van der Waals surface area contributed by atoms with Crippen molar-refractivity contribution in [2.75, 3.05) is 5.32 Å². The third-order valence-electron chi connectivity index (χ3n) is 4.83. The van der Waals surface area contributed by atoms with E-state index < -0.39 is 17.8 Å². The Morgan fingerprint density at radius 3 is 2.38 bits per heavy atom. The van der Waals surface area contributed by atoms with Gasteiger partial charge in [-0.25, -0.2) is 4.39 Å². The zero-order valence-corrected chi connectivity index (χ0v) is 14.0. The molecular weight excluding hydrogens is 335 g/mol. The Morgan fingerprint density at radius 1 is 1.25 bits per heavy atom. The van der Waals surface area contributed by atoms with Crippen LogP contribution >= 0.6 is 11.6 Å². The first-order chi connectivity index (χ1) is 11.4. The lowest BCUT2D eigenvalue weighted by Crippen LogP contribution is -2.46. The SMILES string of the molecule is CC(C(=O)Nc1ccc(F)cc1Cl)N1C(=O)C2CCCCC2C1=O. The summed E-state index contributed by atoms with van der Waals surface area (Å²) in [4.78, 5) is 38.5. The summed E-state index contributed by atoms with van der Waals surface area (Å²) in [6.07, 6.45) is 3.26. The van der Waals surface area contributed by atoms with Gasteiger partial charge < -0.3 is 5.32 Å². The molecule has 3 atom stereocenters. The zero-order valence-electron chi connectivity index (χ0n) is 13.2. The molecule has 2 aliphatic rings. The fourth-order valence-corrected chi connectivity index (χ4v) is 3.73. The van der Waals surface area contributed by atoms with Gasteiger partial charge in [-0.1, -0.05) is 24.4 Å². The molecule has 0 aromatic heterocycles. The van der Waals surface area contributed by atoms with Crippen LogP contribution in [0.4, 0.5) is 10.1 Å². The van der Waals surface area contributed by atoms with E-state index >= 15 is 0 Å². The van der Waals surface area contributed by atoms with Crippen molar-refractivity contribution >= 4 is 35.0 Å². The van der Waals surface area contributed by atoms with Gasteiger partial charge in [0.2, 0.25) is 17.7 Å². The van der Waals surface area contributed by atoms with Gasteiger partial charge in [-0.2, -0.15) is 0 Å². The Hall–Kier alpha value is -1.95. The Morgan fingerprint density at radius 2 is 1.83 bits per heavy atom. The summed E-state index contributed by atoms with van der Waals surface area (Å²) < 4.78 is 13.1. The van der Waals surface area contributed by atoms with Crippen molar-refractivity contribution in [1.82, 2.24) is 4.90 Å². The molecule has 1 N–H and O–H groups in total. The summed E-state index contributed by atoms with van der Waals surface area (Å²) in [6.45, 7) is 1.51. The van der Waals surface area contributed by atoms with Gasteiger partial charge in [0.15, 0.2) is 0 Å². The second-order valence-electron chi connectivity index (χ2n) is 6.33. The molecule has 24 heavy (non-hydrogen) atoms. The largest absolute Gasteiger partial charge is 0.323 e. The molecule has 0 radical (unpaired) electrons. The van der Waals surface area contributed by atoms with Gasteiger partial charge in [-0.15, -0.1) is 0 Å². The van der Waals surface area contributed by atoms with Crippen molar-refractivity contribution in [2.24, 2.45) is 11.8 Å². The number of carbonyl (C=O) groups excluding carboxylic acids is 3. The van der Waals surface area contributed by atoms with E-state index in [-0.39, 0.29) is 34.4 Å². The molecule has 0 spiro atoms. The molecule has 2 fully saturated rings. The fourth-order valence-electron chi connectivity index (χ4n) is 3.51. The maximum Gasteiger partial charge on any atom is 0.247 e. The molecule has 1 saturated carbocycles. The summed E-state index contributed by atoms with van der Waals surface area (Å²) in [7, 11) is 0. The van der Waals surface area contributed by atoms with Crippen LogP contribution in [0.1, 0.15) is 32.6 Å². The number of hydrogen-bond donors (Lipinski definition) is 1. The second-order valence-corrected chi connectivity index (χ2v) is 6.74. The van der Waals surface area contributed by atoms with Gasteiger partial charge in [-0.3, -0.25) is 19.3 Å². The van der Waals surface area contributed by atoms with Crippen LogP contribution in [-0.2, 0) is 14.4 Å². The predicted molar refractivity (Wildman–Crippen MR) is 86.8 cm³/mol. The number of fused-ring (bicyclic) bond motifs is 1. The van der Waals surface area contributed by atoms with Crippen LogP contribution in [0.25, 0.3) is 0 Å². The molecule has 3 unspecified atom stereocenters. The van der Waals surface area contributed by atoms with Crippen LogP contribution in [0.5, 0.6) is 0 Å². The molecule has 1 aromatic carbocycles. The molecule has 3 amide bonds. The second kappa shape index (κ2) is 6.51.